The summed E-state index contributed by atoms with van der Waals surface area (Å²) in [6.07, 6.45) is 5.36. The molecule has 0 radical (unpaired) electrons. The summed E-state index contributed by atoms with van der Waals surface area (Å²) in [6.45, 7) is 4.83. The second-order valence-electron chi connectivity index (χ2n) is 6.18. The molecule has 0 bridgehead atoms. The highest BCUT2D eigenvalue weighted by Gasteiger charge is 2.32. The topological polar surface area (TPSA) is 24.5 Å². The first-order valence-corrected chi connectivity index (χ1v) is 7.91. The largest absolute Gasteiger partial charge is 0.496 e. The summed E-state index contributed by atoms with van der Waals surface area (Å²) in [5.74, 6) is 0.991. The summed E-state index contributed by atoms with van der Waals surface area (Å²) in [4.78, 5) is 2.67. The summed E-state index contributed by atoms with van der Waals surface area (Å²) < 4.78 is 5.48. The van der Waals surface area contributed by atoms with Gasteiger partial charge in [-0.1, -0.05) is 18.2 Å². The number of para-hydroxylation sites is 1. The zero-order valence-electron chi connectivity index (χ0n) is 12.6. The molecule has 3 atom stereocenters. The molecular weight excluding hydrogens is 248 g/mol. The van der Waals surface area contributed by atoms with Gasteiger partial charge in [-0.05, 0) is 51.8 Å². The number of ether oxygens (including phenoxy) is 1. The van der Waals surface area contributed by atoms with Gasteiger partial charge in [-0.2, -0.15) is 0 Å². The molecule has 20 heavy (non-hydrogen) atoms. The Morgan fingerprint density at radius 1 is 1.25 bits per heavy atom. The van der Waals surface area contributed by atoms with E-state index < -0.39 is 0 Å². The van der Waals surface area contributed by atoms with Gasteiger partial charge in [0.1, 0.15) is 5.75 Å². The number of hydrogen-bond donors (Lipinski definition) is 1. The van der Waals surface area contributed by atoms with E-state index in [4.69, 9.17) is 4.74 Å². The van der Waals surface area contributed by atoms with Crippen molar-refractivity contribution >= 4 is 0 Å². The third kappa shape index (κ3) is 2.84. The Kier molecular flexibility index (Phi) is 4.27. The van der Waals surface area contributed by atoms with Crippen LogP contribution in [-0.4, -0.2) is 37.2 Å². The van der Waals surface area contributed by atoms with Gasteiger partial charge in [0, 0.05) is 23.7 Å². The molecular formula is C17H26N2O. The minimum atomic E-state index is 0.351. The minimum absolute atomic E-state index is 0.351. The van der Waals surface area contributed by atoms with Crippen LogP contribution in [0.25, 0.3) is 0 Å². The van der Waals surface area contributed by atoms with Gasteiger partial charge in [0.15, 0.2) is 0 Å². The first-order valence-electron chi connectivity index (χ1n) is 7.91. The van der Waals surface area contributed by atoms with Gasteiger partial charge in [0.25, 0.3) is 0 Å². The molecule has 3 nitrogen and oxygen atoms in total. The standard InChI is InChI=1S/C17H26N2O/c1-13(16-7-3-4-8-17(16)20-2)18-14-9-11-19-10-5-6-15(19)12-14/h3-4,7-8,13-15,18H,5-6,9-12H2,1-2H3/t13-,14?,15?/m0/s1. The zero-order valence-corrected chi connectivity index (χ0v) is 12.6. The molecule has 0 saturated carbocycles. The molecule has 2 aliphatic rings. The van der Waals surface area contributed by atoms with Gasteiger partial charge in [-0.15, -0.1) is 0 Å². The summed E-state index contributed by atoms with van der Waals surface area (Å²) in [5, 5.41) is 3.82. The molecule has 2 heterocycles. The lowest BCUT2D eigenvalue weighted by atomic mass is 9.96. The van der Waals surface area contributed by atoms with Crippen molar-refractivity contribution in [3.8, 4) is 5.75 Å². The maximum absolute atomic E-state index is 5.48. The number of piperidine rings is 1. The molecule has 3 heteroatoms. The summed E-state index contributed by atoms with van der Waals surface area (Å²) >= 11 is 0. The van der Waals surface area contributed by atoms with Crippen molar-refractivity contribution in [1.82, 2.24) is 10.2 Å². The lowest BCUT2D eigenvalue weighted by molar-refractivity contribution is 0.162. The average Bonchev–Trinajstić information content (AvgIpc) is 2.94. The Morgan fingerprint density at radius 3 is 2.95 bits per heavy atom. The van der Waals surface area contributed by atoms with Gasteiger partial charge in [0.05, 0.1) is 7.11 Å². The average molecular weight is 274 g/mol. The van der Waals surface area contributed by atoms with E-state index in [1.54, 1.807) is 7.11 Å². The Morgan fingerprint density at radius 2 is 2.10 bits per heavy atom. The van der Waals surface area contributed by atoms with E-state index in [2.05, 4.69) is 29.3 Å². The molecule has 2 aliphatic heterocycles. The van der Waals surface area contributed by atoms with Crippen molar-refractivity contribution in [3.05, 3.63) is 29.8 Å². The van der Waals surface area contributed by atoms with Gasteiger partial charge in [0.2, 0.25) is 0 Å². The fourth-order valence-corrected chi connectivity index (χ4v) is 3.84. The van der Waals surface area contributed by atoms with Crippen molar-refractivity contribution in [3.63, 3.8) is 0 Å². The quantitative estimate of drug-likeness (QED) is 0.913. The van der Waals surface area contributed by atoms with Crippen molar-refractivity contribution in [2.24, 2.45) is 0 Å². The SMILES string of the molecule is COc1ccccc1[C@H](C)NC1CCN2CCCC2C1. The first kappa shape index (κ1) is 13.9. The van der Waals surface area contributed by atoms with Crippen LogP contribution in [0, 0.1) is 0 Å². The van der Waals surface area contributed by atoms with Gasteiger partial charge in [-0.25, -0.2) is 0 Å². The van der Waals surface area contributed by atoms with E-state index in [0.717, 1.165) is 11.8 Å². The summed E-state index contributed by atoms with van der Waals surface area (Å²) in [5.41, 5.74) is 1.27. The summed E-state index contributed by atoms with van der Waals surface area (Å²) in [7, 11) is 1.75. The number of benzene rings is 1. The third-order valence-electron chi connectivity index (χ3n) is 4.91. The number of hydrogen-bond acceptors (Lipinski definition) is 3. The molecule has 110 valence electrons. The van der Waals surface area contributed by atoms with Crippen LogP contribution in [0.4, 0.5) is 0 Å². The summed E-state index contributed by atoms with van der Waals surface area (Å²) in [6, 6.07) is 10.2. The Balaban J connectivity index is 1.62. The number of rotatable bonds is 4. The van der Waals surface area contributed by atoms with E-state index >= 15 is 0 Å². The number of nitrogens with zero attached hydrogens (tertiary/aromatic N) is 1. The van der Waals surface area contributed by atoms with E-state index in [-0.39, 0.29) is 0 Å². The fraction of sp³-hybridized carbons (Fsp3) is 0.647. The van der Waals surface area contributed by atoms with Crippen LogP contribution in [0.15, 0.2) is 24.3 Å². The van der Waals surface area contributed by atoms with Crippen molar-refractivity contribution in [1.29, 1.82) is 0 Å². The van der Waals surface area contributed by atoms with Crippen LogP contribution in [0.3, 0.4) is 0 Å². The molecule has 0 aliphatic carbocycles. The highest BCUT2D eigenvalue weighted by atomic mass is 16.5. The lowest BCUT2D eigenvalue weighted by Crippen LogP contribution is -2.46. The second-order valence-corrected chi connectivity index (χ2v) is 6.18. The Bertz CT molecular complexity index is 448. The Labute approximate surface area is 122 Å². The molecule has 1 N–H and O–H groups in total. The normalized spacial score (nSPS) is 28.1. The predicted molar refractivity (Wildman–Crippen MR) is 82.2 cm³/mol. The van der Waals surface area contributed by atoms with Gasteiger partial charge < -0.3 is 15.0 Å². The molecule has 3 rings (SSSR count). The number of fused-ring (bicyclic) bond motifs is 1. The molecule has 2 fully saturated rings. The van der Waals surface area contributed by atoms with Crippen LogP contribution in [0.5, 0.6) is 5.75 Å². The highest BCUT2D eigenvalue weighted by molar-refractivity contribution is 5.35. The molecule has 0 spiro atoms. The van der Waals surface area contributed by atoms with Crippen LogP contribution in [0.1, 0.15) is 44.2 Å². The van der Waals surface area contributed by atoms with Crippen LogP contribution in [0.2, 0.25) is 0 Å². The molecule has 2 unspecified atom stereocenters. The zero-order chi connectivity index (χ0) is 13.9. The van der Waals surface area contributed by atoms with E-state index in [1.807, 2.05) is 12.1 Å². The lowest BCUT2D eigenvalue weighted by Gasteiger charge is -2.36. The van der Waals surface area contributed by atoms with E-state index in [0.29, 0.717) is 12.1 Å². The van der Waals surface area contributed by atoms with Crippen molar-refractivity contribution in [2.45, 2.75) is 50.7 Å². The first-order chi connectivity index (χ1) is 9.78. The second kappa shape index (κ2) is 6.15. The molecule has 2 saturated heterocycles. The third-order valence-corrected chi connectivity index (χ3v) is 4.91. The smallest absolute Gasteiger partial charge is 0.123 e. The van der Waals surface area contributed by atoms with E-state index in [1.165, 1.54) is 44.3 Å². The molecule has 1 aromatic rings. The predicted octanol–water partition coefficient (Wildman–Crippen LogP) is 2.97. The monoisotopic (exact) mass is 274 g/mol. The van der Waals surface area contributed by atoms with Gasteiger partial charge in [-0.3, -0.25) is 0 Å². The van der Waals surface area contributed by atoms with Crippen molar-refractivity contribution in [2.75, 3.05) is 20.2 Å². The maximum atomic E-state index is 5.48. The molecule has 0 amide bonds. The Hall–Kier alpha value is -1.06. The van der Waals surface area contributed by atoms with Crippen LogP contribution >= 0.6 is 0 Å². The van der Waals surface area contributed by atoms with Crippen LogP contribution < -0.4 is 10.1 Å². The fourth-order valence-electron chi connectivity index (χ4n) is 3.84. The molecule has 1 aromatic carbocycles. The molecule has 0 aromatic heterocycles. The van der Waals surface area contributed by atoms with Crippen molar-refractivity contribution < 1.29 is 4.74 Å². The van der Waals surface area contributed by atoms with Gasteiger partial charge >= 0.3 is 0 Å². The van der Waals surface area contributed by atoms with E-state index in [9.17, 15) is 0 Å². The number of methoxy groups -OCH3 is 1. The van der Waals surface area contributed by atoms with Crippen LogP contribution in [-0.2, 0) is 0 Å². The number of nitrogens with one attached hydrogen (secondary N) is 1. The maximum Gasteiger partial charge on any atom is 0.123 e. The highest BCUT2D eigenvalue weighted by Crippen LogP contribution is 2.30. The minimum Gasteiger partial charge on any atom is -0.496 e.